The van der Waals surface area contributed by atoms with Crippen molar-refractivity contribution in [2.75, 3.05) is 7.11 Å². The SMILES string of the molecule is COc1ccccc1CNC(=O)c1scc(-c2ccc(Cl)cc2)c1-n1cccc1. The van der Waals surface area contributed by atoms with E-state index in [0.717, 1.165) is 28.1 Å². The summed E-state index contributed by atoms with van der Waals surface area (Å²) >= 11 is 7.47. The van der Waals surface area contributed by atoms with E-state index in [2.05, 4.69) is 5.32 Å². The van der Waals surface area contributed by atoms with Gasteiger partial charge >= 0.3 is 0 Å². The van der Waals surface area contributed by atoms with Crippen molar-refractivity contribution in [1.29, 1.82) is 0 Å². The van der Waals surface area contributed by atoms with Crippen molar-refractivity contribution in [2.24, 2.45) is 0 Å². The average molecular weight is 423 g/mol. The molecule has 1 amide bonds. The number of hydrogen-bond acceptors (Lipinski definition) is 3. The van der Waals surface area contributed by atoms with Gasteiger partial charge in [-0.25, -0.2) is 0 Å². The van der Waals surface area contributed by atoms with Crippen molar-refractivity contribution in [3.8, 4) is 22.6 Å². The molecule has 0 bridgehead atoms. The zero-order valence-electron chi connectivity index (χ0n) is 15.8. The van der Waals surface area contributed by atoms with Crippen LogP contribution in [0.2, 0.25) is 5.02 Å². The molecular formula is C23H19ClN2O2S. The molecule has 0 saturated carbocycles. The van der Waals surface area contributed by atoms with Crippen LogP contribution in [0, 0.1) is 0 Å². The summed E-state index contributed by atoms with van der Waals surface area (Å²) in [6.45, 7) is 0.391. The topological polar surface area (TPSA) is 43.3 Å². The summed E-state index contributed by atoms with van der Waals surface area (Å²) in [4.78, 5) is 13.7. The van der Waals surface area contributed by atoms with E-state index in [1.165, 1.54) is 11.3 Å². The lowest BCUT2D eigenvalue weighted by Gasteiger charge is -2.12. The normalized spacial score (nSPS) is 10.7. The van der Waals surface area contributed by atoms with E-state index in [1.807, 2.05) is 83.0 Å². The van der Waals surface area contributed by atoms with E-state index >= 15 is 0 Å². The van der Waals surface area contributed by atoms with Crippen LogP contribution in [0.1, 0.15) is 15.2 Å². The van der Waals surface area contributed by atoms with Crippen LogP contribution in [0.5, 0.6) is 5.75 Å². The van der Waals surface area contributed by atoms with E-state index in [-0.39, 0.29) is 5.91 Å². The first-order chi connectivity index (χ1) is 14.2. The van der Waals surface area contributed by atoms with Gasteiger partial charge in [-0.15, -0.1) is 11.3 Å². The van der Waals surface area contributed by atoms with Crippen molar-refractivity contribution in [3.05, 3.63) is 93.9 Å². The van der Waals surface area contributed by atoms with Gasteiger partial charge in [-0.1, -0.05) is 41.9 Å². The molecule has 0 fully saturated rings. The van der Waals surface area contributed by atoms with Gasteiger partial charge in [0.15, 0.2) is 0 Å². The summed E-state index contributed by atoms with van der Waals surface area (Å²) in [6, 6.07) is 19.2. The lowest BCUT2D eigenvalue weighted by atomic mass is 10.1. The second kappa shape index (κ2) is 8.55. The maximum absolute atomic E-state index is 13.1. The largest absolute Gasteiger partial charge is 0.496 e. The summed E-state index contributed by atoms with van der Waals surface area (Å²) in [5.74, 6) is 0.635. The molecule has 0 radical (unpaired) electrons. The highest BCUT2D eigenvalue weighted by molar-refractivity contribution is 7.13. The summed E-state index contributed by atoms with van der Waals surface area (Å²) < 4.78 is 7.34. The maximum atomic E-state index is 13.1. The standard InChI is InChI=1S/C23H19ClN2O2S/c1-28-20-7-3-2-6-17(20)14-25-23(27)22-21(26-12-4-5-13-26)19(15-29-22)16-8-10-18(24)11-9-16/h2-13,15H,14H2,1H3,(H,25,27). The zero-order valence-corrected chi connectivity index (χ0v) is 17.3. The number of amides is 1. The molecule has 0 atom stereocenters. The van der Waals surface area contributed by atoms with Gasteiger partial charge < -0.3 is 14.6 Å². The van der Waals surface area contributed by atoms with Gasteiger partial charge in [0.25, 0.3) is 5.91 Å². The number of thiophene rings is 1. The third kappa shape index (κ3) is 4.06. The first-order valence-corrected chi connectivity index (χ1v) is 10.3. The summed E-state index contributed by atoms with van der Waals surface area (Å²) in [7, 11) is 1.63. The molecular weight excluding hydrogens is 404 g/mol. The molecule has 4 aromatic rings. The van der Waals surface area contributed by atoms with Gasteiger partial charge in [0, 0.05) is 40.5 Å². The van der Waals surface area contributed by atoms with Gasteiger partial charge in [-0.3, -0.25) is 4.79 Å². The quantitative estimate of drug-likeness (QED) is 0.427. The van der Waals surface area contributed by atoms with E-state index in [9.17, 15) is 4.79 Å². The second-order valence-electron chi connectivity index (χ2n) is 6.42. The van der Waals surface area contributed by atoms with Crippen molar-refractivity contribution in [3.63, 3.8) is 0 Å². The molecule has 2 heterocycles. The minimum atomic E-state index is -0.121. The second-order valence-corrected chi connectivity index (χ2v) is 7.73. The molecule has 4 nitrogen and oxygen atoms in total. The Labute approximate surface area is 178 Å². The Kier molecular flexibility index (Phi) is 5.69. The van der Waals surface area contributed by atoms with Crippen LogP contribution in [-0.2, 0) is 6.54 Å². The summed E-state index contributed by atoms with van der Waals surface area (Å²) in [6.07, 6.45) is 3.89. The van der Waals surface area contributed by atoms with Crippen molar-refractivity contribution < 1.29 is 9.53 Å². The fraction of sp³-hybridized carbons (Fsp3) is 0.0870. The highest BCUT2D eigenvalue weighted by Crippen LogP contribution is 2.35. The minimum absolute atomic E-state index is 0.121. The van der Waals surface area contributed by atoms with Crippen LogP contribution in [-0.4, -0.2) is 17.6 Å². The number of rotatable bonds is 6. The number of nitrogens with zero attached hydrogens (tertiary/aromatic N) is 1. The van der Waals surface area contributed by atoms with E-state index in [4.69, 9.17) is 16.3 Å². The third-order valence-corrected chi connectivity index (χ3v) is 5.84. The Bertz CT molecular complexity index is 1120. The third-order valence-electron chi connectivity index (χ3n) is 4.62. The number of methoxy groups -OCH3 is 1. The van der Waals surface area contributed by atoms with Gasteiger partial charge in [-0.2, -0.15) is 0 Å². The number of hydrogen-bond donors (Lipinski definition) is 1. The van der Waals surface area contributed by atoms with Crippen LogP contribution < -0.4 is 10.1 Å². The molecule has 0 aliphatic heterocycles. The number of ether oxygens (including phenoxy) is 1. The van der Waals surface area contributed by atoms with E-state index in [0.29, 0.717) is 16.4 Å². The van der Waals surface area contributed by atoms with Crippen LogP contribution in [0.25, 0.3) is 16.8 Å². The van der Waals surface area contributed by atoms with Crippen LogP contribution in [0.15, 0.2) is 78.4 Å². The molecule has 4 rings (SSSR count). The molecule has 0 unspecified atom stereocenters. The summed E-state index contributed by atoms with van der Waals surface area (Å²) in [5.41, 5.74) is 3.80. The number of para-hydroxylation sites is 1. The number of nitrogens with one attached hydrogen (secondary N) is 1. The van der Waals surface area contributed by atoms with Crippen LogP contribution in [0.3, 0.4) is 0 Å². The lowest BCUT2D eigenvalue weighted by Crippen LogP contribution is -2.23. The van der Waals surface area contributed by atoms with Gasteiger partial charge in [-0.05, 0) is 35.9 Å². The Hall–Kier alpha value is -3.02. The molecule has 0 aliphatic rings. The van der Waals surface area contributed by atoms with Gasteiger partial charge in [0.2, 0.25) is 0 Å². The van der Waals surface area contributed by atoms with Crippen molar-refractivity contribution in [1.82, 2.24) is 9.88 Å². The van der Waals surface area contributed by atoms with E-state index in [1.54, 1.807) is 7.11 Å². The zero-order chi connectivity index (χ0) is 20.2. The molecule has 2 aromatic carbocycles. The maximum Gasteiger partial charge on any atom is 0.263 e. The highest BCUT2D eigenvalue weighted by Gasteiger charge is 2.20. The number of aromatic nitrogens is 1. The Balaban J connectivity index is 1.66. The number of benzene rings is 2. The molecule has 6 heteroatoms. The minimum Gasteiger partial charge on any atom is -0.496 e. The molecule has 146 valence electrons. The van der Waals surface area contributed by atoms with Crippen molar-refractivity contribution in [2.45, 2.75) is 6.54 Å². The van der Waals surface area contributed by atoms with Gasteiger partial charge in [0.05, 0.1) is 12.8 Å². The number of carbonyl (C=O) groups is 1. The fourth-order valence-corrected chi connectivity index (χ4v) is 4.31. The Morgan fingerprint density at radius 3 is 2.52 bits per heavy atom. The smallest absolute Gasteiger partial charge is 0.263 e. The lowest BCUT2D eigenvalue weighted by molar-refractivity contribution is 0.0955. The predicted molar refractivity (Wildman–Crippen MR) is 118 cm³/mol. The Morgan fingerprint density at radius 1 is 1.07 bits per heavy atom. The van der Waals surface area contributed by atoms with E-state index < -0.39 is 0 Å². The predicted octanol–water partition coefficient (Wildman–Crippen LogP) is 5.80. The van der Waals surface area contributed by atoms with Gasteiger partial charge in [0.1, 0.15) is 10.6 Å². The number of carbonyl (C=O) groups excluding carboxylic acids is 1. The molecule has 29 heavy (non-hydrogen) atoms. The fourth-order valence-electron chi connectivity index (χ4n) is 3.19. The first kappa shape index (κ1) is 19.3. The summed E-state index contributed by atoms with van der Waals surface area (Å²) in [5, 5.41) is 5.72. The molecule has 2 aromatic heterocycles. The average Bonchev–Trinajstić information content (AvgIpc) is 3.42. The molecule has 0 saturated heterocycles. The first-order valence-electron chi connectivity index (χ1n) is 9.08. The van der Waals surface area contributed by atoms with Crippen LogP contribution in [0.4, 0.5) is 0 Å². The Morgan fingerprint density at radius 2 is 1.79 bits per heavy atom. The molecule has 0 aliphatic carbocycles. The molecule has 1 N–H and O–H groups in total. The monoisotopic (exact) mass is 422 g/mol. The number of halogens is 1. The van der Waals surface area contributed by atoms with Crippen molar-refractivity contribution >= 4 is 28.8 Å². The van der Waals surface area contributed by atoms with Crippen LogP contribution >= 0.6 is 22.9 Å². The molecule has 0 spiro atoms. The highest BCUT2D eigenvalue weighted by atomic mass is 35.5.